The number of methoxy groups -OCH3 is 3. The monoisotopic (exact) mass is 464 g/mol. The van der Waals surface area contributed by atoms with Crippen LogP contribution in [0.2, 0.25) is 0 Å². The molecule has 0 atom stereocenters. The number of hydrogen-bond donors (Lipinski definition) is 2. The molecular formula is C25H20O9. The van der Waals surface area contributed by atoms with Crippen LogP contribution in [0.15, 0.2) is 54.6 Å². The second-order valence-corrected chi connectivity index (χ2v) is 6.98. The quantitative estimate of drug-likeness (QED) is 0.361. The van der Waals surface area contributed by atoms with Crippen LogP contribution in [0.1, 0.15) is 41.4 Å². The number of phenols is 2. The van der Waals surface area contributed by atoms with Gasteiger partial charge in [0.2, 0.25) is 28.9 Å². The van der Waals surface area contributed by atoms with E-state index in [0.717, 1.165) is 6.07 Å². The van der Waals surface area contributed by atoms with Gasteiger partial charge in [0.05, 0.1) is 32.5 Å². The number of benzene rings is 3. The standard InChI is InChI=1S/C25H20O9/c1-32-23-17(21(30)19(28)13-4-8-15(26)9-5-13)12-18(24(33-2)25(23)34-3)22(31)20(29)14-6-10-16(27)11-7-14/h4-12,26-27H,1-3H3. The van der Waals surface area contributed by atoms with Gasteiger partial charge in [-0.25, -0.2) is 0 Å². The average Bonchev–Trinajstić information content (AvgIpc) is 2.86. The summed E-state index contributed by atoms with van der Waals surface area (Å²) in [5.41, 5.74) is -0.652. The Hall–Kier alpha value is -4.66. The molecule has 0 heterocycles. The Balaban J connectivity index is 2.16. The molecule has 0 radical (unpaired) electrons. The number of hydrogen-bond acceptors (Lipinski definition) is 9. The number of ketones is 4. The van der Waals surface area contributed by atoms with E-state index in [1.165, 1.54) is 69.9 Å². The first kappa shape index (κ1) is 24.0. The van der Waals surface area contributed by atoms with Crippen molar-refractivity contribution in [2.24, 2.45) is 0 Å². The summed E-state index contributed by atoms with van der Waals surface area (Å²) in [5, 5.41) is 18.9. The summed E-state index contributed by atoms with van der Waals surface area (Å²) in [6.07, 6.45) is 0. The Labute approximate surface area is 194 Å². The van der Waals surface area contributed by atoms with Gasteiger partial charge in [0.15, 0.2) is 11.5 Å². The van der Waals surface area contributed by atoms with E-state index in [1.807, 2.05) is 0 Å². The first-order valence-corrected chi connectivity index (χ1v) is 9.82. The van der Waals surface area contributed by atoms with Gasteiger partial charge in [-0.1, -0.05) is 0 Å². The lowest BCUT2D eigenvalue weighted by molar-refractivity contribution is 0.0809. The van der Waals surface area contributed by atoms with Crippen LogP contribution in [0.3, 0.4) is 0 Å². The fraction of sp³-hybridized carbons (Fsp3) is 0.120. The van der Waals surface area contributed by atoms with Crippen LogP contribution in [-0.4, -0.2) is 54.7 Å². The summed E-state index contributed by atoms with van der Waals surface area (Å²) < 4.78 is 15.9. The van der Waals surface area contributed by atoms with Crippen LogP contribution in [-0.2, 0) is 0 Å². The Bertz CT molecular complexity index is 1180. The number of rotatable bonds is 9. The Morgan fingerprint density at radius 2 is 0.853 bits per heavy atom. The largest absolute Gasteiger partial charge is 0.508 e. The molecule has 0 saturated heterocycles. The van der Waals surface area contributed by atoms with Crippen molar-refractivity contribution in [1.29, 1.82) is 0 Å². The molecule has 174 valence electrons. The second-order valence-electron chi connectivity index (χ2n) is 6.98. The molecule has 9 nitrogen and oxygen atoms in total. The first-order chi connectivity index (χ1) is 16.2. The van der Waals surface area contributed by atoms with Gasteiger partial charge < -0.3 is 24.4 Å². The van der Waals surface area contributed by atoms with Crippen LogP contribution in [0.5, 0.6) is 28.7 Å². The van der Waals surface area contributed by atoms with Gasteiger partial charge in [-0.3, -0.25) is 19.2 Å². The van der Waals surface area contributed by atoms with Crippen LogP contribution in [0.4, 0.5) is 0 Å². The predicted molar refractivity (Wildman–Crippen MR) is 120 cm³/mol. The summed E-state index contributed by atoms with van der Waals surface area (Å²) in [6, 6.07) is 11.1. The molecule has 3 rings (SSSR count). The van der Waals surface area contributed by atoms with Gasteiger partial charge in [0, 0.05) is 11.1 Å². The third-order valence-corrected chi connectivity index (χ3v) is 4.96. The van der Waals surface area contributed by atoms with Crippen molar-refractivity contribution in [3.05, 3.63) is 76.9 Å². The third kappa shape index (κ3) is 4.44. The lowest BCUT2D eigenvalue weighted by Gasteiger charge is -2.18. The van der Waals surface area contributed by atoms with Crippen molar-refractivity contribution >= 4 is 23.1 Å². The molecule has 0 aromatic heterocycles. The van der Waals surface area contributed by atoms with E-state index in [-0.39, 0.29) is 51.0 Å². The molecule has 9 heteroatoms. The summed E-state index contributed by atoms with van der Waals surface area (Å²) in [5.74, 6) is -4.60. The zero-order chi connectivity index (χ0) is 25.0. The number of carbonyl (C=O) groups excluding carboxylic acids is 4. The molecule has 3 aromatic rings. The molecule has 0 fully saturated rings. The molecule has 0 spiro atoms. The number of phenolic OH excluding ortho intramolecular Hbond substituents is 2. The maximum atomic E-state index is 13.1. The van der Waals surface area contributed by atoms with Crippen molar-refractivity contribution in [3.63, 3.8) is 0 Å². The summed E-state index contributed by atoms with van der Waals surface area (Å²) in [7, 11) is 3.72. The van der Waals surface area contributed by atoms with Crippen molar-refractivity contribution in [3.8, 4) is 28.7 Å². The molecule has 0 saturated carbocycles. The average molecular weight is 464 g/mol. The molecule has 0 aliphatic carbocycles. The van der Waals surface area contributed by atoms with E-state index < -0.39 is 23.1 Å². The van der Waals surface area contributed by atoms with E-state index in [0.29, 0.717) is 0 Å². The normalized spacial score (nSPS) is 10.3. The molecule has 3 aromatic carbocycles. The number of Topliss-reactive ketones (excluding diaryl/α,β-unsaturated/α-hetero) is 4. The van der Waals surface area contributed by atoms with Crippen molar-refractivity contribution < 1.29 is 43.6 Å². The van der Waals surface area contributed by atoms with Crippen LogP contribution in [0.25, 0.3) is 0 Å². The highest BCUT2D eigenvalue weighted by Gasteiger charge is 2.32. The minimum atomic E-state index is -1.03. The zero-order valence-electron chi connectivity index (χ0n) is 18.4. The molecule has 0 aliphatic heterocycles. The summed E-state index contributed by atoms with van der Waals surface area (Å²) >= 11 is 0. The van der Waals surface area contributed by atoms with Crippen molar-refractivity contribution in [2.75, 3.05) is 21.3 Å². The molecule has 2 N–H and O–H groups in total. The molecule has 0 amide bonds. The molecule has 0 unspecified atom stereocenters. The van der Waals surface area contributed by atoms with Gasteiger partial charge >= 0.3 is 0 Å². The SMILES string of the molecule is COc1c(C(=O)C(=O)c2ccc(O)cc2)cc(C(=O)C(=O)c2ccc(O)cc2)c(OC)c1OC. The van der Waals surface area contributed by atoms with Gasteiger partial charge in [-0.2, -0.15) is 0 Å². The second kappa shape index (κ2) is 9.86. The highest BCUT2D eigenvalue weighted by Crippen LogP contribution is 2.43. The lowest BCUT2D eigenvalue weighted by atomic mass is 9.94. The summed E-state index contributed by atoms with van der Waals surface area (Å²) in [6.45, 7) is 0. The fourth-order valence-electron chi connectivity index (χ4n) is 3.28. The van der Waals surface area contributed by atoms with Crippen molar-refractivity contribution in [2.45, 2.75) is 0 Å². The van der Waals surface area contributed by atoms with Crippen LogP contribution in [0, 0.1) is 0 Å². The van der Waals surface area contributed by atoms with Gasteiger partial charge in [-0.15, -0.1) is 0 Å². The highest BCUT2D eigenvalue weighted by atomic mass is 16.5. The lowest BCUT2D eigenvalue weighted by Crippen LogP contribution is -2.20. The Morgan fingerprint density at radius 1 is 0.529 bits per heavy atom. The van der Waals surface area contributed by atoms with E-state index in [4.69, 9.17) is 14.2 Å². The van der Waals surface area contributed by atoms with Gasteiger partial charge in [0.1, 0.15) is 11.5 Å². The smallest absolute Gasteiger partial charge is 0.237 e. The maximum absolute atomic E-state index is 13.1. The minimum Gasteiger partial charge on any atom is -0.508 e. The van der Waals surface area contributed by atoms with E-state index >= 15 is 0 Å². The van der Waals surface area contributed by atoms with Crippen LogP contribution < -0.4 is 14.2 Å². The predicted octanol–water partition coefficient (Wildman–Crippen LogP) is 3.25. The Kier molecular flexibility index (Phi) is 6.96. The van der Waals surface area contributed by atoms with Gasteiger partial charge in [-0.05, 0) is 54.6 Å². The zero-order valence-corrected chi connectivity index (χ0v) is 18.4. The molecule has 0 aliphatic rings. The van der Waals surface area contributed by atoms with E-state index in [1.54, 1.807) is 0 Å². The fourth-order valence-corrected chi connectivity index (χ4v) is 3.28. The Morgan fingerprint density at radius 3 is 1.15 bits per heavy atom. The number of carbonyl (C=O) groups is 4. The van der Waals surface area contributed by atoms with Crippen molar-refractivity contribution in [1.82, 2.24) is 0 Å². The first-order valence-electron chi connectivity index (χ1n) is 9.82. The van der Waals surface area contributed by atoms with E-state index in [9.17, 15) is 29.4 Å². The van der Waals surface area contributed by atoms with E-state index in [2.05, 4.69) is 0 Å². The minimum absolute atomic E-state index is 0.00677. The maximum Gasteiger partial charge on any atom is 0.237 e. The number of aromatic hydroxyl groups is 2. The summed E-state index contributed by atoms with van der Waals surface area (Å²) in [4.78, 5) is 51.9. The topological polar surface area (TPSA) is 136 Å². The number of ether oxygens (including phenoxy) is 3. The van der Waals surface area contributed by atoms with Crippen LogP contribution >= 0.6 is 0 Å². The third-order valence-electron chi connectivity index (χ3n) is 4.96. The molecule has 34 heavy (non-hydrogen) atoms. The highest BCUT2D eigenvalue weighted by molar-refractivity contribution is 6.52. The van der Waals surface area contributed by atoms with Gasteiger partial charge in [0.25, 0.3) is 0 Å². The molecule has 0 bridgehead atoms. The molecular weight excluding hydrogens is 444 g/mol.